The Hall–Kier alpha value is -1.07. The standard InChI is InChI=1S/C17H19IO2/c1-12-4-3-5-15(17(12)18)16(19)11-8-13-6-9-14(20-2)10-7-13/h3-7,9-10,16,19H,8,11H2,1-2H3. The third-order valence-corrected chi connectivity index (χ3v) is 4.92. The SMILES string of the molecule is COc1ccc(CCC(O)c2cccc(C)c2I)cc1. The zero-order valence-corrected chi connectivity index (χ0v) is 13.9. The molecule has 0 heterocycles. The van der Waals surface area contributed by atoms with E-state index in [0.29, 0.717) is 0 Å². The number of aliphatic hydroxyl groups excluding tert-OH is 1. The molecule has 3 heteroatoms. The zero-order chi connectivity index (χ0) is 14.5. The monoisotopic (exact) mass is 382 g/mol. The smallest absolute Gasteiger partial charge is 0.118 e. The molecule has 0 aliphatic rings. The van der Waals surface area contributed by atoms with Crippen molar-refractivity contribution in [3.63, 3.8) is 0 Å². The summed E-state index contributed by atoms with van der Waals surface area (Å²) in [6.07, 6.45) is 1.17. The van der Waals surface area contributed by atoms with E-state index in [0.717, 1.165) is 27.7 Å². The van der Waals surface area contributed by atoms with E-state index in [1.54, 1.807) is 7.11 Å². The van der Waals surface area contributed by atoms with E-state index in [9.17, 15) is 5.11 Å². The Bertz CT molecular complexity index is 564. The van der Waals surface area contributed by atoms with Gasteiger partial charge >= 0.3 is 0 Å². The maximum absolute atomic E-state index is 10.4. The fourth-order valence-electron chi connectivity index (χ4n) is 2.18. The largest absolute Gasteiger partial charge is 0.497 e. The summed E-state index contributed by atoms with van der Waals surface area (Å²) in [5.41, 5.74) is 3.46. The summed E-state index contributed by atoms with van der Waals surface area (Å²) >= 11 is 2.31. The van der Waals surface area contributed by atoms with Crippen LogP contribution < -0.4 is 4.74 Å². The fraction of sp³-hybridized carbons (Fsp3) is 0.294. The highest BCUT2D eigenvalue weighted by Crippen LogP contribution is 2.26. The molecule has 2 rings (SSSR count). The first kappa shape index (κ1) is 15.3. The van der Waals surface area contributed by atoms with Gasteiger partial charge in [-0.1, -0.05) is 30.3 Å². The second kappa shape index (κ2) is 7.09. The van der Waals surface area contributed by atoms with E-state index < -0.39 is 6.10 Å². The number of hydrogen-bond donors (Lipinski definition) is 1. The van der Waals surface area contributed by atoms with Gasteiger partial charge in [0.1, 0.15) is 5.75 Å². The van der Waals surface area contributed by atoms with Gasteiger partial charge in [0, 0.05) is 3.57 Å². The Kier molecular flexibility index (Phi) is 5.43. The highest BCUT2D eigenvalue weighted by atomic mass is 127. The lowest BCUT2D eigenvalue weighted by Crippen LogP contribution is -2.03. The Morgan fingerprint density at radius 2 is 1.85 bits per heavy atom. The second-order valence-electron chi connectivity index (χ2n) is 4.88. The minimum atomic E-state index is -0.413. The van der Waals surface area contributed by atoms with Gasteiger partial charge in [-0.15, -0.1) is 0 Å². The van der Waals surface area contributed by atoms with Crippen LogP contribution in [0, 0.1) is 10.5 Å². The van der Waals surface area contributed by atoms with Crippen molar-refractivity contribution in [1.82, 2.24) is 0 Å². The minimum Gasteiger partial charge on any atom is -0.497 e. The van der Waals surface area contributed by atoms with Crippen molar-refractivity contribution in [2.24, 2.45) is 0 Å². The summed E-state index contributed by atoms with van der Waals surface area (Å²) in [5, 5.41) is 10.4. The van der Waals surface area contributed by atoms with Gasteiger partial charge in [-0.05, 0) is 71.2 Å². The Balaban J connectivity index is 2.00. The van der Waals surface area contributed by atoms with Crippen molar-refractivity contribution in [3.05, 3.63) is 62.7 Å². The van der Waals surface area contributed by atoms with Gasteiger partial charge in [0.15, 0.2) is 0 Å². The first-order chi connectivity index (χ1) is 9.61. The third-order valence-electron chi connectivity index (χ3n) is 3.45. The summed E-state index contributed by atoms with van der Waals surface area (Å²) in [6.45, 7) is 2.07. The lowest BCUT2D eigenvalue weighted by Gasteiger charge is -2.14. The molecule has 0 amide bonds. The molecule has 1 atom stereocenters. The van der Waals surface area contributed by atoms with E-state index in [1.165, 1.54) is 11.1 Å². The van der Waals surface area contributed by atoms with Gasteiger partial charge in [-0.2, -0.15) is 0 Å². The van der Waals surface area contributed by atoms with E-state index in [2.05, 4.69) is 35.6 Å². The van der Waals surface area contributed by atoms with Crippen LogP contribution in [-0.4, -0.2) is 12.2 Å². The molecule has 0 bridgehead atoms. The molecule has 0 saturated carbocycles. The molecule has 0 aliphatic carbocycles. The Morgan fingerprint density at radius 3 is 2.50 bits per heavy atom. The highest BCUT2D eigenvalue weighted by Gasteiger charge is 2.12. The topological polar surface area (TPSA) is 29.5 Å². The van der Waals surface area contributed by atoms with Crippen molar-refractivity contribution >= 4 is 22.6 Å². The third kappa shape index (κ3) is 3.73. The number of hydrogen-bond acceptors (Lipinski definition) is 2. The number of aliphatic hydroxyl groups is 1. The molecular formula is C17H19IO2. The van der Waals surface area contributed by atoms with Gasteiger partial charge in [0.05, 0.1) is 13.2 Å². The molecular weight excluding hydrogens is 363 g/mol. The van der Waals surface area contributed by atoms with Crippen LogP contribution in [0.2, 0.25) is 0 Å². The van der Waals surface area contributed by atoms with Crippen molar-refractivity contribution < 1.29 is 9.84 Å². The zero-order valence-electron chi connectivity index (χ0n) is 11.8. The predicted octanol–water partition coefficient (Wildman–Crippen LogP) is 4.27. The molecule has 1 N–H and O–H groups in total. The first-order valence-electron chi connectivity index (χ1n) is 6.68. The first-order valence-corrected chi connectivity index (χ1v) is 7.75. The van der Waals surface area contributed by atoms with E-state index in [-0.39, 0.29) is 0 Å². The second-order valence-corrected chi connectivity index (χ2v) is 5.96. The number of halogens is 1. The van der Waals surface area contributed by atoms with Gasteiger partial charge in [-0.3, -0.25) is 0 Å². The maximum Gasteiger partial charge on any atom is 0.118 e. The van der Waals surface area contributed by atoms with Gasteiger partial charge in [0.25, 0.3) is 0 Å². The molecule has 0 radical (unpaired) electrons. The number of rotatable bonds is 5. The summed E-state index contributed by atoms with van der Waals surface area (Å²) in [7, 11) is 1.67. The molecule has 0 fully saturated rings. The summed E-state index contributed by atoms with van der Waals surface area (Å²) in [5.74, 6) is 0.863. The lowest BCUT2D eigenvalue weighted by atomic mass is 10.00. The number of ether oxygens (including phenoxy) is 1. The lowest BCUT2D eigenvalue weighted by molar-refractivity contribution is 0.167. The van der Waals surface area contributed by atoms with Crippen LogP contribution in [0.15, 0.2) is 42.5 Å². The van der Waals surface area contributed by atoms with Gasteiger partial charge in [-0.25, -0.2) is 0 Å². The molecule has 20 heavy (non-hydrogen) atoms. The normalized spacial score (nSPS) is 12.2. The molecule has 0 saturated heterocycles. The number of benzene rings is 2. The van der Waals surface area contributed by atoms with Crippen molar-refractivity contribution in [1.29, 1.82) is 0 Å². The van der Waals surface area contributed by atoms with Crippen LogP contribution in [0.4, 0.5) is 0 Å². The number of methoxy groups -OCH3 is 1. The van der Waals surface area contributed by atoms with Crippen LogP contribution in [-0.2, 0) is 6.42 Å². The fourth-order valence-corrected chi connectivity index (χ4v) is 2.90. The van der Waals surface area contributed by atoms with Gasteiger partial charge in [0.2, 0.25) is 0 Å². The minimum absolute atomic E-state index is 0.413. The van der Waals surface area contributed by atoms with E-state index >= 15 is 0 Å². The molecule has 2 nitrogen and oxygen atoms in total. The predicted molar refractivity (Wildman–Crippen MR) is 90.2 cm³/mol. The summed E-state index contributed by atoms with van der Waals surface area (Å²) < 4.78 is 6.30. The van der Waals surface area contributed by atoms with Crippen molar-refractivity contribution in [2.75, 3.05) is 7.11 Å². The average molecular weight is 382 g/mol. The molecule has 1 unspecified atom stereocenters. The maximum atomic E-state index is 10.4. The van der Waals surface area contributed by atoms with Crippen molar-refractivity contribution in [3.8, 4) is 5.75 Å². The van der Waals surface area contributed by atoms with E-state index in [1.807, 2.05) is 36.4 Å². The highest BCUT2D eigenvalue weighted by molar-refractivity contribution is 14.1. The Labute approximate surface area is 133 Å². The quantitative estimate of drug-likeness (QED) is 0.783. The van der Waals surface area contributed by atoms with E-state index in [4.69, 9.17) is 4.74 Å². The molecule has 0 spiro atoms. The van der Waals surface area contributed by atoms with Crippen LogP contribution in [0.1, 0.15) is 29.2 Å². The molecule has 0 aromatic heterocycles. The Morgan fingerprint density at radius 1 is 1.15 bits per heavy atom. The molecule has 2 aromatic carbocycles. The number of aryl methyl sites for hydroxylation is 2. The van der Waals surface area contributed by atoms with Gasteiger partial charge < -0.3 is 9.84 Å². The van der Waals surface area contributed by atoms with Crippen LogP contribution in [0.25, 0.3) is 0 Å². The summed E-state index contributed by atoms with van der Waals surface area (Å²) in [4.78, 5) is 0. The average Bonchev–Trinajstić information content (AvgIpc) is 2.48. The van der Waals surface area contributed by atoms with Crippen LogP contribution in [0.3, 0.4) is 0 Å². The van der Waals surface area contributed by atoms with Crippen LogP contribution in [0.5, 0.6) is 5.75 Å². The van der Waals surface area contributed by atoms with Crippen molar-refractivity contribution in [2.45, 2.75) is 25.9 Å². The van der Waals surface area contributed by atoms with Crippen LogP contribution >= 0.6 is 22.6 Å². The summed E-state index contributed by atoms with van der Waals surface area (Å²) in [6, 6.07) is 14.1. The molecule has 106 valence electrons. The molecule has 0 aliphatic heterocycles. The molecule has 2 aromatic rings.